The Hall–Kier alpha value is -4.74. The summed E-state index contributed by atoms with van der Waals surface area (Å²) in [5.74, 6) is 4.43. The van der Waals surface area contributed by atoms with Crippen molar-refractivity contribution >= 4 is 23.6 Å². The smallest absolute Gasteiger partial charge is 0.341 e. The zero-order valence-corrected chi connectivity index (χ0v) is 26.5. The number of aromatic nitrogens is 6. The average molecular weight is 625 g/mol. The molecule has 0 aromatic carbocycles. The lowest BCUT2D eigenvalue weighted by Gasteiger charge is -2.20. The lowest BCUT2D eigenvalue weighted by molar-refractivity contribution is 0.0525. The molecule has 2 saturated heterocycles. The van der Waals surface area contributed by atoms with Crippen LogP contribution in [-0.4, -0.2) is 79.4 Å². The number of nitrogens with zero attached hydrogens (tertiary/aromatic N) is 8. The molecule has 0 radical (unpaired) electrons. The van der Waals surface area contributed by atoms with Crippen LogP contribution in [0.3, 0.4) is 0 Å². The van der Waals surface area contributed by atoms with E-state index >= 15 is 0 Å². The van der Waals surface area contributed by atoms with E-state index in [0.29, 0.717) is 25.3 Å². The molecule has 4 aromatic rings. The molecule has 4 fully saturated rings. The number of carbonyl (C=O) groups excluding carboxylic acids is 1. The van der Waals surface area contributed by atoms with Crippen molar-refractivity contribution in [3.05, 3.63) is 82.7 Å². The number of fused-ring (bicyclic) bond motifs is 2. The molecular weight excluding hydrogens is 584 g/mol. The Morgan fingerprint density at radius 1 is 0.761 bits per heavy atom. The van der Waals surface area contributed by atoms with Crippen molar-refractivity contribution < 1.29 is 19.4 Å². The number of carboxylic acid groups (broad SMARTS) is 1. The third-order valence-electron chi connectivity index (χ3n) is 9.66. The van der Waals surface area contributed by atoms with Gasteiger partial charge in [0, 0.05) is 50.0 Å². The van der Waals surface area contributed by atoms with Crippen molar-refractivity contribution in [3.8, 4) is 0 Å². The van der Waals surface area contributed by atoms with Gasteiger partial charge in [-0.1, -0.05) is 12.1 Å². The minimum atomic E-state index is -0.955. The van der Waals surface area contributed by atoms with Gasteiger partial charge < -0.3 is 19.6 Å². The van der Waals surface area contributed by atoms with Crippen LogP contribution in [-0.2, 0) is 17.8 Å². The molecule has 240 valence electrons. The number of aryl methyl sites for hydroxylation is 2. The number of pyridine rings is 2. The fourth-order valence-electron chi connectivity index (χ4n) is 6.69. The lowest BCUT2D eigenvalue weighted by Crippen LogP contribution is -2.23. The Morgan fingerprint density at radius 3 is 1.63 bits per heavy atom. The molecule has 0 spiro atoms. The maximum Gasteiger partial charge on any atom is 0.341 e. The standard InChI is InChI=1S/C18H22N4O2.C16H18N4O2/c1-3-24-18(23)16-7-19-22(11-16)10-13-4-5-17(20-12(13)2)21-8-14-6-15(14)9-21;1-10-11(8-20-9-14(5-17-20)16(21)22)2-3-15(18-10)19-6-12-4-13(12)7-19/h4-5,7,11,14-15H,3,6,8-10H2,1-2H3;2-3,5,9,12-13H,4,6-8H2,1H3,(H,21,22). The Balaban J connectivity index is 0.000000147. The summed E-state index contributed by atoms with van der Waals surface area (Å²) in [7, 11) is 0. The van der Waals surface area contributed by atoms with Crippen LogP contribution in [0.1, 0.15) is 63.0 Å². The van der Waals surface area contributed by atoms with Gasteiger partial charge in [0.1, 0.15) is 11.6 Å². The summed E-state index contributed by atoms with van der Waals surface area (Å²) < 4.78 is 8.38. The third kappa shape index (κ3) is 6.47. The number of esters is 1. The minimum Gasteiger partial charge on any atom is -0.478 e. The maximum absolute atomic E-state index is 11.7. The Morgan fingerprint density at radius 2 is 1.22 bits per heavy atom. The molecule has 2 aliphatic carbocycles. The number of carbonyl (C=O) groups is 2. The van der Waals surface area contributed by atoms with E-state index in [9.17, 15) is 9.59 Å². The van der Waals surface area contributed by atoms with E-state index < -0.39 is 5.97 Å². The monoisotopic (exact) mass is 624 g/mol. The van der Waals surface area contributed by atoms with Crippen LogP contribution >= 0.6 is 0 Å². The van der Waals surface area contributed by atoms with Gasteiger partial charge in [0.25, 0.3) is 0 Å². The average Bonchev–Trinajstić information content (AvgIpc) is 3.58. The van der Waals surface area contributed by atoms with Crippen molar-refractivity contribution in [2.45, 2.75) is 46.7 Å². The van der Waals surface area contributed by atoms with E-state index in [1.165, 1.54) is 19.0 Å². The molecule has 0 amide bonds. The fraction of sp³-hybridized carbons (Fsp3) is 0.471. The molecule has 8 rings (SSSR count). The van der Waals surface area contributed by atoms with Crippen LogP contribution in [0, 0.1) is 37.5 Å². The molecule has 2 saturated carbocycles. The van der Waals surface area contributed by atoms with Gasteiger partial charge in [-0.3, -0.25) is 9.36 Å². The van der Waals surface area contributed by atoms with Crippen molar-refractivity contribution in [2.24, 2.45) is 23.7 Å². The largest absolute Gasteiger partial charge is 0.478 e. The molecule has 4 aromatic heterocycles. The SMILES string of the molecule is CCOC(=O)c1cnn(Cc2ccc(N3CC4CC4C3)nc2C)c1.Cc1nc(N2CC3CC3C2)ccc1Cn1cc(C(=O)O)cn1. The number of piperidine rings is 2. The van der Waals surface area contributed by atoms with Crippen LogP contribution in [0.5, 0.6) is 0 Å². The molecule has 12 heteroatoms. The number of carboxylic acids is 1. The zero-order chi connectivity index (χ0) is 31.9. The molecule has 2 aliphatic heterocycles. The van der Waals surface area contributed by atoms with Gasteiger partial charge in [0.15, 0.2) is 0 Å². The summed E-state index contributed by atoms with van der Waals surface area (Å²) in [6.07, 6.45) is 8.97. The van der Waals surface area contributed by atoms with Crippen LogP contribution < -0.4 is 9.80 Å². The van der Waals surface area contributed by atoms with Gasteiger partial charge in [0.2, 0.25) is 0 Å². The van der Waals surface area contributed by atoms with E-state index in [-0.39, 0.29) is 11.5 Å². The van der Waals surface area contributed by atoms with Gasteiger partial charge in [-0.2, -0.15) is 10.2 Å². The first-order chi connectivity index (χ1) is 22.2. The molecule has 4 unspecified atom stereocenters. The van der Waals surface area contributed by atoms with Crippen molar-refractivity contribution in [1.82, 2.24) is 29.5 Å². The van der Waals surface area contributed by atoms with Gasteiger partial charge >= 0.3 is 11.9 Å². The molecule has 46 heavy (non-hydrogen) atoms. The quantitative estimate of drug-likeness (QED) is 0.272. The Kier molecular flexibility index (Phi) is 7.95. The summed E-state index contributed by atoms with van der Waals surface area (Å²) in [5.41, 5.74) is 4.86. The summed E-state index contributed by atoms with van der Waals surface area (Å²) in [6, 6.07) is 8.36. The number of hydrogen-bond donors (Lipinski definition) is 1. The van der Waals surface area contributed by atoms with Gasteiger partial charge in [0.05, 0.1) is 43.2 Å². The highest BCUT2D eigenvalue weighted by Gasteiger charge is 2.46. The number of rotatable bonds is 9. The number of aromatic carboxylic acids is 1. The molecule has 4 aliphatic rings. The van der Waals surface area contributed by atoms with Crippen LogP contribution in [0.15, 0.2) is 49.1 Å². The van der Waals surface area contributed by atoms with E-state index in [2.05, 4.69) is 44.3 Å². The first-order valence-corrected chi connectivity index (χ1v) is 16.1. The highest BCUT2D eigenvalue weighted by molar-refractivity contribution is 5.88. The van der Waals surface area contributed by atoms with Gasteiger partial charge in [-0.15, -0.1) is 0 Å². The normalized spacial score (nSPS) is 22.2. The van der Waals surface area contributed by atoms with Crippen LogP contribution in [0.4, 0.5) is 11.6 Å². The highest BCUT2D eigenvalue weighted by atomic mass is 16.5. The first-order valence-electron chi connectivity index (χ1n) is 16.1. The number of anilines is 2. The van der Waals surface area contributed by atoms with Crippen LogP contribution in [0.2, 0.25) is 0 Å². The predicted octanol–water partition coefficient (Wildman–Crippen LogP) is 4.06. The molecular formula is C34H40N8O4. The third-order valence-corrected chi connectivity index (χ3v) is 9.66. The van der Waals surface area contributed by atoms with E-state index in [1.54, 1.807) is 34.9 Å². The van der Waals surface area contributed by atoms with E-state index in [4.69, 9.17) is 19.8 Å². The summed E-state index contributed by atoms with van der Waals surface area (Å²) in [4.78, 5) is 36.8. The summed E-state index contributed by atoms with van der Waals surface area (Å²) in [6.45, 7) is 11.9. The number of ether oxygens (including phenoxy) is 1. The molecule has 12 nitrogen and oxygen atoms in total. The topological polar surface area (TPSA) is 132 Å². The summed E-state index contributed by atoms with van der Waals surface area (Å²) in [5, 5.41) is 17.3. The Labute approximate surface area is 268 Å². The molecule has 0 bridgehead atoms. The van der Waals surface area contributed by atoms with E-state index in [1.807, 2.05) is 13.8 Å². The zero-order valence-electron chi connectivity index (χ0n) is 26.5. The number of hydrogen-bond acceptors (Lipinski definition) is 9. The van der Waals surface area contributed by atoms with Gasteiger partial charge in [-0.25, -0.2) is 19.6 Å². The highest BCUT2D eigenvalue weighted by Crippen LogP contribution is 2.46. The first kappa shape index (κ1) is 29.9. The second-order valence-corrected chi connectivity index (χ2v) is 13.0. The second kappa shape index (κ2) is 12.2. The van der Waals surface area contributed by atoms with Crippen molar-refractivity contribution in [2.75, 3.05) is 42.6 Å². The van der Waals surface area contributed by atoms with Crippen molar-refractivity contribution in [3.63, 3.8) is 0 Å². The molecule has 6 heterocycles. The molecule has 4 atom stereocenters. The van der Waals surface area contributed by atoms with Gasteiger partial charge in [-0.05, 0) is 80.5 Å². The minimum absolute atomic E-state index is 0.207. The molecule has 1 N–H and O–H groups in total. The second-order valence-electron chi connectivity index (χ2n) is 13.0. The van der Waals surface area contributed by atoms with E-state index in [0.717, 1.165) is 84.0 Å². The lowest BCUT2D eigenvalue weighted by atomic mass is 10.2. The maximum atomic E-state index is 11.7. The fourth-order valence-corrected chi connectivity index (χ4v) is 6.69. The van der Waals surface area contributed by atoms with Crippen molar-refractivity contribution in [1.29, 1.82) is 0 Å². The summed E-state index contributed by atoms with van der Waals surface area (Å²) >= 11 is 0. The Bertz CT molecular complexity index is 1750. The predicted molar refractivity (Wildman–Crippen MR) is 171 cm³/mol. The van der Waals surface area contributed by atoms with Crippen LogP contribution in [0.25, 0.3) is 0 Å².